The van der Waals surface area contributed by atoms with Crippen LogP contribution in [-0.4, -0.2) is 13.2 Å². The van der Waals surface area contributed by atoms with Crippen LogP contribution in [0.1, 0.15) is 47.5 Å². The normalized spacial score (nSPS) is 12.3. The molecule has 0 spiro atoms. The highest BCUT2D eigenvalue weighted by molar-refractivity contribution is 4.59. The van der Waals surface area contributed by atoms with Crippen LogP contribution in [0.4, 0.5) is 0 Å². The van der Waals surface area contributed by atoms with Gasteiger partial charge in [-0.1, -0.05) is 41.0 Å². The second kappa shape index (κ2) is 9.96. The maximum atomic E-state index is 5.25. The predicted molar refractivity (Wildman–Crippen MR) is 51.9 cm³/mol. The lowest BCUT2D eigenvalue weighted by Gasteiger charge is -2.17. The fourth-order valence-corrected chi connectivity index (χ4v) is 1.01. The van der Waals surface area contributed by atoms with Crippen LogP contribution in [0.25, 0.3) is 0 Å². The van der Waals surface area contributed by atoms with Gasteiger partial charge in [-0.15, -0.1) is 0 Å². The van der Waals surface area contributed by atoms with Crippen molar-refractivity contribution < 1.29 is 4.74 Å². The second-order valence-electron chi connectivity index (χ2n) is 2.81. The largest absolute Gasteiger partial charge is 0.381 e. The Morgan fingerprint density at radius 1 is 1.18 bits per heavy atom. The average molecular weight is 160 g/mol. The van der Waals surface area contributed by atoms with Gasteiger partial charge in [0, 0.05) is 7.11 Å². The summed E-state index contributed by atoms with van der Waals surface area (Å²) in [5.74, 6) is 0.662. The van der Waals surface area contributed by atoms with Crippen LogP contribution in [0.15, 0.2) is 0 Å². The smallest absolute Gasteiger partial charge is 0.0594 e. The molecule has 0 aromatic heterocycles. The Kier molecular flexibility index (Phi) is 12.3. The molecule has 1 unspecified atom stereocenters. The van der Waals surface area contributed by atoms with Crippen molar-refractivity contribution in [2.75, 3.05) is 7.11 Å². The van der Waals surface area contributed by atoms with E-state index in [0.29, 0.717) is 12.0 Å². The summed E-state index contributed by atoms with van der Waals surface area (Å²) >= 11 is 0. The van der Waals surface area contributed by atoms with Crippen LogP contribution in [0, 0.1) is 5.92 Å². The first kappa shape index (κ1) is 13.5. The molecule has 0 aromatic rings. The van der Waals surface area contributed by atoms with Crippen molar-refractivity contribution in [2.45, 2.75) is 53.6 Å². The van der Waals surface area contributed by atoms with Gasteiger partial charge in [0.05, 0.1) is 6.10 Å². The van der Waals surface area contributed by atoms with Crippen LogP contribution in [-0.2, 0) is 4.74 Å². The van der Waals surface area contributed by atoms with E-state index in [-0.39, 0.29) is 0 Å². The highest BCUT2D eigenvalue weighted by Crippen LogP contribution is 2.10. The van der Waals surface area contributed by atoms with Gasteiger partial charge in [0.1, 0.15) is 0 Å². The molecule has 0 rings (SSSR count). The van der Waals surface area contributed by atoms with Gasteiger partial charge >= 0.3 is 0 Å². The number of methoxy groups -OCH3 is 1. The second-order valence-corrected chi connectivity index (χ2v) is 2.81. The Morgan fingerprint density at radius 2 is 1.64 bits per heavy atom. The molecule has 0 saturated heterocycles. The standard InChI is InChI=1S/C8H18O.C2H6/c1-5-6-8(9-4)7(2)3;1-2/h7-8H,5-6H2,1-4H3;1-2H3. The molecular weight excluding hydrogens is 136 g/mol. The minimum atomic E-state index is 0.468. The van der Waals surface area contributed by atoms with E-state index in [1.165, 1.54) is 12.8 Å². The maximum absolute atomic E-state index is 5.25. The van der Waals surface area contributed by atoms with E-state index >= 15 is 0 Å². The molecule has 0 bridgehead atoms. The summed E-state index contributed by atoms with van der Waals surface area (Å²) in [5.41, 5.74) is 0. The lowest BCUT2D eigenvalue weighted by atomic mass is 10.0. The number of rotatable bonds is 4. The van der Waals surface area contributed by atoms with Crippen molar-refractivity contribution in [1.82, 2.24) is 0 Å². The van der Waals surface area contributed by atoms with Gasteiger partial charge in [-0.25, -0.2) is 0 Å². The van der Waals surface area contributed by atoms with Gasteiger partial charge in [0.15, 0.2) is 0 Å². The van der Waals surface area contributed by atoms with Crippen molar-refractivity contribution >= 4 is 0 Å². The number of hydrogen-bond acceptors (Lipinski definition) is 1. The Labute approximate surface area is 72.1 Å². The van der Waals surface area contributed by atoms with Crippen LogP contribution >= 0.6 is 0 Å². The maximum Gasteiger partial charge on any atom is 0.0594 e. The minimum absolute atomic E-state index is 0.468. The van der Waals surface area contributed by atoms with Gasteiger partial charge in [-0.2, -0.15) is 0 Å². The predicted octanol–water partition coefficient (Wildman–Crippen LogP) is 3.48. The third-order valence-corrected chi connectivity index (χ3v) is 1.62. The molecular formula is C10H24O. The SMILES string of the molecule is CC.CCCC(OC)C(C)C. The molecule has 0 radical (unpaired) electrons. The Bertz CT molecular complexity index is 59.9. The Hall–Kier alpha value is -0.0400. The van der Waals surface area contributed by atoms with Gasteiger partial charge in [-0.05, 0) is 12.3 Å². The molecule has 1 atom stereocenters. The molecule has 1 nitrogen and oxygen atoms in total. The molecule has 0 heterocycles. The Morgan fingerprint density at radius 3 is 1.73 bits per heavy atom. The molecule has 0 aliphatic rings. The number of ether oxygens (including phenoxy) is 1. The third kappa shape index (κ3) is 7.86. The fourth-order valence-electron chi connectivity index (χ4n) is 1.01. The lowest BCUT2D eigenvalue weighted by Crippen LogP contribution is -2.17. The average Bonchev–Trinajstić information content (AvgIpc) is 2.03. The van der Waals surface area contributed by atoms with E-state index in [1.807, 2.05) is 13.8 Å². The van der Waals surface area contributed by atoms with Crippen molar-refractivity contribution in [3.8, 4) is 0 Å². The zero-order valence-corrected chi connectivity index (χ0v) is 8.98. The minimum Gasteiger partial charge on any atom is -0.381 e. The summed E-state index contributed by atoms with van der Waals surface area (Å²) in [6.45, 7) is 10.6. The van der Waals surface area contributed by atoms with E-state index in [4.69, 9.17) is 4.74 Å². The Balaban J connectivity index is 0. The molecule has 0 aliphatic carbocycles. The van der Waals surface area contributed by atoms with E-state index < -0.39 is 0 Å². The van der Waals surface area contributed by atoms with Crippen LogP contribution in [0.5, 0.6) is 0 Å². The third-order valence-electron chi connectivity index (χ3n) is 1.62. The summed E-state index contributed by atoms with van der Waals surface area (Å²) in [6, 6.07) is 0. The van der Waals surface area contributed by atoms with E-state index in [2.05, 4.69) is 20.8 Å². The molecule has 1 heteroatoms. The van der Waals surface area contributed by atoms with Crippen LogP contribution in [0.2, 0.25) is 0 Å². The lowest BCUT2D eigenvalue weighted by molar-refractivity contribution is 0.0576. The summed E-state index contributed by atoms with van der Waals surface area (Å²) in [5, 5.41) is 0. The van der Waals surface area contributed by atoms with Crippen LogP contribution < -0.4 is 0 Å². The first-order valence-electron chi connectivity index (χ1n) is 4.75. The summed E-state index contributed by atoms with van der Waals surface area (Å²) < 4.78 is 5.25. The monoisotopic (exact) mass is 160 g/mol. The fraction of sp³-hybridized carbons (Fsp3) is 1.00. The van der Waals surface area contributed by atoms with Crippen molar-refractivity contribution in [1.29, 1.82) is 0 Å². The molecule has 11 heavy (non-hydrogen) atoms. The van der Waals surface area contributed by atoms with Gasteiger partial charge < -0.3 is 4.74 Å². The van der Waals surface area contributed by atoms with E-state index in [0.717, 1.165) is 0 Å². The summed E-state index contributed by atoms with van der Waals surface area (Å²) in [7, 11) is 1.79. The van der Waals surface area contributed by atoms with Crippen LogP contribution in [0.3, 0.4) is 0 Å². The van der Waals surface area contributed by atoms with Gasteiger partial charge in [-0.3, -0.25) is 0 Å². The first-order valence-corrected chi connectivity index (χ1v) is 4.75. The van der Waals surface area contributed by atoms with Gasteiger partial charge in [0.25, 0.3) is 0 Å². The molecule has 70 valence electrons. The quantitative estimate of drug-likeness (QED) is 0.611. The molecule has 0 N–H and O–H groups in total. The van der Waals surface area contributed by atoms with Crippen molar-refractivity contribution in [3.05, 3.63) is 0 Å². The summed E-state index contributed by atoms with van der Waals surface area (Å²) in [4.78, 5) is 0. The van der Waals surface area contributed by atoms with E-state index in [1.54, 1.807) is 7.11 Å². The molecule has 0 saturated carbocycles. The zero-order chi connectivity index (χ0) is 9.28. The van der Waals surface area contributed by atoms with Gasteiger partial charge in [0.2, 0.25) is 0 Å². The van der Waals surface area contributed by atoms with Crippen molar-refractivity contribution in [2.24, 2.45) is 5.92 Å². The molecule has 0 fully saturated rings. The number of hydrogen-bond donors (Lipinski definition) is 0. The van der Waals surface area contributed by atoms with Crippen molar-refractivity contribution in [3.63, 3.8) is 0 Å². The summed E-state index contributed by atoms with van der Waals surface area (Å²) in [6.07, 6.45) is 2.88. The highest BCUT2D eigenvalue weighted by atomic mass is 16.5. The molecule has 0 amide bonds. The molecule has 0 aliphatic heterocycles. The molecule has 0 aromatic carbocycles. The highest BCUT2D eigenvalue weighted by Gasteiger charge is 2.09. The zero-order valence-electron chi connectivity index (χ0n) is 8.98. The first-order chi connectivity index (χ1) is 5.22. The van der Waals surface area contributed by atoms with E-state index in [9.17, 15) is 0 Å². The topological polar surface area (TPSA) is 9.23 Å².